The number of carbonyl (C=O) groups is 1. The summed E-state index contributed by atoms with van der Waals surface area (Å²) in [6.07, 6.45) is 0. The Kier molecular flexibility index (Phi) is 5.70. The van der Waals surface area contributed by atoms with Crippen LogP contribution in [0, 0.1) is 19.2 Å². The maximum absolute atomic E-state index is 12.1. The predicted octanol–water partition coefficient (Wildman–Crippen LogP) is 0.740. The van der Waals surface area contributed by atoms with E-state index in [2.05, 4.69) is 15.8 Å². The number of nitrogens with zero attached hydrogens (tertiary/aromatic N) is 2. The van der Waals surface area contributed by atoms with Gasteiger partial charge in [-0.15, -0.1) is 0 Å². The standard InChI is InChI=1S/C15H14N4O.ClH/c1-10-8-13(14(18-19-16)9-11(10)2)17-15(20)12-6-4-3-5-7-12;/h3-9,16H,1-2H3;1H. The summed E-state index contributed by atoms with van der Waals surface area (Å²) in [5.41, 5.74) is 6.22. The van der Waals surface area contributed by atoms with Crippen LogP contribution in [0.15, 0.2) is 42.5 Å². The number of nitrogens with one attached hydrogen (secondary N) is 2. The first-order valence-electron chi connectivity index (χ1n) is 6.19. The van der Waals surface area contributed by atoms with Crippen LogP contribution in [-0.2, 0) is 0 Å². The summed E-state index contributed by atoms with van der Waals surface area (Å²) in [4.78, 5) is 12.1. The van der Waals surface area contributed by atoms with Gasteiger partial charge in [0.2, 0.25) is 0 Å². The minimum Gasteiger partial charge on any atom is -1.00 e. The quantitative estimate of drug-likeness (QED) is 0.649. The summed E-state index contributed by atoms with van der Waals surface area (Å²) in [5, 5.41) is 14.4. The lowest BCUT2D eigenvalue weighted by molar-refractivity contribution is -0.0000120. The molecule has 0 saturated heterocycles. The van der Waals surface area contributed by atoms with Gasteiger partial charge in [-0.25, -0.2) is 0 Å². The van der Waals surface area contributed by atoms with Crippen molar-refractivity contribution in [2.45, 2.75) is 13.8 Å². The minimum absolute atomic E-state index is 0. The second kappa shape index (κ2) is 7.27. The molecular weight excluding hydrogens is 288 g/mol. The Hall–Kier alpha value is -2.58. The van der Waals surface area contributed by atoms with Gasteiger partial charge in [-0.2, -0.15) is 0 Å². The highest BCUT2D eigenvalue weighted by Gasteiger charge is 2.13. The Labute approximate surface area is 129 Å². The van der Waals surface area contributed by atoms with Crippen molar-refractivity contribution < 1.29 is 17.2 Å². The average molecular weight is 303 g/mol. The molecule has 2 aromatic carbocycles. The van der Waals surface area contributed by atoms with Crippen LogP contribution in [0.1, 0.15) is 21.5 Å². The van der Waals surface area contributed by atoms with E-state index in [4.69, 9.17) is 5.39 Å². The summed E-state index contributed by atoms with van der Waals surface area (Å²) >= 11 is 0. The Morgan fingerprint density at radius 1 is 1.05 bits per heavy atom. The maximum Gasteiger partial charge on any atom is 0.308 e. The van der Waals surface area contributed by atoms with Gasteiger partial charge < -0.3 is 17.7 Å². The van der Waals surface area contributed by atoms with E-state index in [-0.39, 0.29) is 18.3 Å². The van der Waals surface area contributed by atoms with Crippen LogP contribution >= 0.6 is 0 Å². The molecular formula is C15H15ClN4O. The second-order valence-corrected chi connectivity index (χ2v) is 4.51. The van der Waals surface area contributed by atoms with Crippen molar-refractivity contribution in [2.75, 3.05) is 10.7 Å². The third-order valence-corrected chi connectivity index (χ3v) is 3.09. The van der Waals surface area contributed by atoms with Crippen molar-refractivity contribution in [1.29, 1.82) is 5.39 Å². The van der Waals surface area contributed by atoms with Gasteiger partial charge in [0.1, 0.15) is 5.69 Å². The van der Waals surface area contributed by atoms with E-state index in [1.165, 1.54) is 0 Å². The van der Waals surface area contributed by atoms with E-state index < -0.39 is 0 Å². The van der Waals surface area contributed by atoms with E-state index in [1.54, 1.807) is 24.3 Å². The van der Waals surface area contributed by atoms with Crippen LogP contribution in [0.25, 0.3) is 5.08 Å². The number of anilines is 2. The molecule has 0 heterocycles. The topological polar surface area (TPSA) is 69.3 Å². The first-order chi connectivity index (χ1) is 9.61. The molecule has 2 aromatic rings. The van der Waals surface area contributed by atoms with Crippen LogP contribution in [-0.4, -0.2) is 5.91 Å². The highest BCUT2D eigenvalue weighted by Crippen LogP contribution is 2.26. The van der Waals surface area contributed by atoms with E-state index in [1.807, 2.05) is 32.0 Å². The number of aryl methyl sites for hydroxylation is 2. The summed E-state index contributed by atoms with van der Waals surface area (Å²) in [6, 6.07) is 12.6. The number of halogens is 1. The molecule has 0 spiro atoms. The second-order valence-electron chi connectivity index (χ2n) is 4.51. The maximum atomic E-state index is 12.1. The Bertz CT molecular complexity index is 680. The molecule has 0 aliphatic rings. The predicted molar refractivity (Wildman–Crippen MR) is 79.0 cm³/mol. The summed E-state index contributed by atoms with van der Waals surface area (Å²) in [7, 11) is 0. The Morgan fingerprint density at radius 3 is 2.19 bits per heavy atom. The molecule has 5 nitrogen and oxygen atoms in total. The number of hydrogen-bond acceptors (Lipinski definition) is 3. The lowest BCUT2D eigenvalue weighted by atomic mass is 10.1. The van der Waals surface area contributed by atoms with Crippen molar-refractivity contribution in [2.24, 2.45) is 0 Å². The molecule has 0 fully saturated rings. The van der Waals surface area contributed by atoms with Crippen LogP contribution in [0.2, 0.25) is 0 Å². The average Bonchev–Trinajstić information content (AvgIpc) is 2.45. The molecule has 0 aromatic heterocycles. The van der Waals surface area contributed by atoms with Gasteiger partial charge in [0.05, 0.1) is 5.69 Å². The van der Waals surface area contributed by atoms with Gasteiger partial charge in [-0.3, -0.25) is 4.79 Å². The van der Waals surface area contributed by atoms with E-state index in [0.717, 1.165) is 11.1 Å². The molecule has 2 N–H and O–H groups in total. The van der Waals surface area contributed by atoms with Gasteiger partial charge in [-0.05, 0) is 54.7 Å². The van der Waals surface area contributed by atoms with Crippen LogP contribution in [0.4, 0.5) is 11.4 Å². The van der Waals surface area contributed by atoms with Gasteiger partial charge in [0.15, 0.2) is 0 Å². The summed E-state index contributed by atoms with van der Waals surface area (Å²) in [6.45, 7) is 3.90. The molecule has 2 rings (SSSR count). The number of amides is 1. The number of diazo groups is 1. The van der Waals surface area contributed by atoms with Crippen molar-refractivity contribution >= 4 is 17.3 Å². The fourth-order valence-electron chi connectivity index (χ4n) is 1.85. The van der Waals surface area contributed by atoms with Crippen molar-refractivity contribution in [3.8, 4) is 0 Å². The zero-order chi connectivity index (χ0) is 14.5. The zero-order valence-electron chi connectivity index (χ0n) is 11.7. The molecule has 0 saturated carbocycles. The minimum atomic E-state index is -0.213. The third-order valence-electron chi connectivity index (χ3n) is 3.09. The van der Waals surface area contributed by atoms with E-state index in [0.29, 0.717) is 16.9 Å². The number of rotatable bonds is 3. The molecule has 0 unspecified atom stereocenters. The normalized spacial score (nSPS) is 9.19. The van der Waals surface area contributed by atoms with Crippen LogP contribution in [0.5, 0.6) is 0 Å². The molecule has 0 aliphatic heterocycles. The molecule has 0 aliphatic carbocycles. The van der Waals surface area contributed by atoms with Gasteiger partial charge in [0.25, 0.3) is 11.3 Å². The number of carbonyl (C=O) groups excluding carboxylic acids is 1. The lowest BCUT2D eigenvalue weighted by Gasteiger charge is -2.10. The molecule has 6 heteroatoms. The fraction of sp³-hybridized carbons (Fsp3) is 0.133. The molecule has 0 bridgehead atoms. The van der Waals surface area contributed by atoms with Gasteiger partial charge in [-0.1, -0.05) is 18.2 Å². The first kappa shape index (κ1) is 16.5. The largest absolute Gasteiger partial charge is 1.00 e. The van der Waals surface area contributed by atoms with Gasteiger partial charge in [0, 0.05) is 5.56 Å². The van der Waals surface area contributed by atoms with Crippen molar-refractivity contribution in [1.82, 2.24) is 0 Å². The highest BCUT2D eigenvalue weighted by atomic mass is 35.5. The monoisotopic (exact) mass is 302 g/mol. The molecule has 21 heavy (non-hydrogen) atoms. The van der Waals surface area contributed by atoms with Crippen LogP contribution in [0.3, 0.4) is 0 Å². The molecule has 1 amide bonds. The van der Waals surface area contributed by atoms with Crippen molar-refractivity contribution in [3.05, 3.63) is 64.2 Å². The number of hydrogen-bond donors (Lipinski definition) is 2. The summed E-state index contributed by atoms with van der Waals surface area (Å²) in [5.74, 6) is -0.213. The Balaban J connectivity index is 0.00000220. The Morgan fingerprint density at radius 2 is 1.62 bits per heavy atom. The first-order valence-corrected chi connectivity index (χ1v) is 6.19. The summed E-state index contributed by atoms with van der Waals surface area (Å²) < 4.78 is 0. The van der Waals surface area contributed by atoms with E-state index in [9.17, 15) is 4.79 Å². The van der Waals surface area contributed by atoms with E-state index >= 15 is 0 Å². The third kappa shape index (κ3) is 3.94. The van der Waals surface area contributed by atoms with Gasteiger partial charge >= 0.3 is 5.08 Å². The lowest BCUT2D eigenvalue weighted by Crippen LogP contribution is -3.00. The smallest absolute Gasteiger partial charge is 0.308 e. The number of benzene rings is 2. The van der Waals surface area contributed by atoms with Crippen molar-refractivity contribution in [3.63, 3.8) is 0 Å². The van der Waals surface area contributed by atoms with Crippen LogP contribution < -0.4 is 23.1 Å². The zero-order valence-corrected chi connectivity index (χ0v) is 12.5. The molecule has 0 radical (unpaired) electrons. The molecule has 108 valence electrons. The highest BCUT2D eigenvalue weighted by molar-refractivity contribution is 6.06. The SMILES string of the molecule is Cc1cc(N[N+]#N)c(NC(=O)c2ccccc2)cc1C.[Cl-]. The molecule has 0 atom stereocenters. The fourth-order valence-corrected chi connectivity index (χ4v) is 1.85.